The van der Waals surface area contributed by atoms with Crippen molar-refractivity contribution in [3.63, 3.8) is 0 Å². The average Bonchev–Trinajstić information content (AvgIpc) is 3.48. The molecule has 1 N–H and O–H groups in total. The van der Waals surface area contributed by atoms with Gasteiger partial charge in [0.25, 0.3) is 0 Å². The number of hydrogen-bond donors (Lipinski definition) is 1. The molecule has 6 nitrogen and oxygen atoms in total. The highest BCUT2D eigenvalue weighted by Gasteiger charge is 2.16. The van der Waals surface area contributed by atoms with Crippen LogP contribution in [0.25, 0.3) is 48.9 Å². The van der Waals surface area contributed by atoms with Crippen LogP contribution in [0.3, 0.4) is 0 Å². The number of aromatic amines is 1. The molecule has 0 saturated carbocycles. The van der Waals surface area contributed by atoms with E-state index in [0.717, 1.165) is 33.9 Å². The lowest BCUT2D eigenvalue weighted by atomic mass is 10.1. The number of benzene rings is 2. The Labute approximate surface area is 171 Å². The van der Waals surface area contributed by atoms with Crippen LogP contribution in [0.1, 0.15) is 0 Å². The first-order valence-electron chi connectivity index (χ1n) is 9.16. The fraction of sp³-hybridized carbons (Fsp3) is 0.136. The maximum atomic E-state index is 7.30. The van der Waals surface area contributed by atoms with Gasteiger partial charge in [0.2, 0.25) is 0 Å². The van der Waals surface area contributed by atoms with Crippen LogP contribution in [-0.4, -0.2) is 33.2 Å². The highest BCUT2D eigenvalue weighted by molar-refractivity contribution is 7.17. The predicted molar refractivity (Wildman–Crippen MR) is 116 cm³/mol. The van der Waals surface area contributed by atoms with Crippen LogP contribution >= 0.6 is 11.3 Å². The molecule has 3 aromatic heterocycles. The number of ether oxygens (including phenoxy) is 1. The third-order valence-electron chi connectivity index (χ3n) is 4.92. The number of aromatic nitrogens is 4. The molecule has 0 aliphatic rings. The van der Waals surface area contributed by atoms with Crippen LogP contribution < -0.4 is 0 Å². The normalized spacial score (nSPS) is 11.3. The van der Waals surface area contributed by atoms with E-state index < -0.39 is 0 Å². The summed E-state index contributed by atoms with van der Waals surface area (Å²) in [5.41, 5.74) is 4.23. The Morgan fingerprint density at radius 1 is 1.21 bits per heavy atom. The fourth-order valence-electron chi connectivity index (χ4n) is 3.49. The van der Waals surface area contributed by atoms with Crippen LogP contribution in [0, 0.1) is 6.57 Å². The summed E-state index contributed by atoms with van der Waals surface area (Å²) >= 11 is 1.73. The van der Waals surface area contributed by atoms with Crippen LogP contribution in [0.4, 0.5) is 5.69 Å². The Bertz CT molecular complexity index is 1370. The summed E-state index contributed by atoms with van der Waals surface area (Å²) in [5.74, 6) is 1.59. The van der Waals surface area contributed by atoms with Crippen molar-refractivity contribution in [1.29, 1.82) is 0 Å². The molecule has 0 fully saturated rings. The molecule has 0 atom stereocenters. The molecule has 29 heavy (non-hydrogen) atoms. The first-order chi connectivity index (χ1) is 14.3. The van der Waals surface area contributed by atoms with Gasteiger partial charge >= 0.3 is 0 Å². The number of hydrogen-bond acceptors (Lipinski definition) is 4. The standard InChI is InChI=1S/C22H17N5OS/c1-23-16-4-5-17-19(12-16)27(8-9-28-2)22(26-17)18-13-24-21(25-18)15-3-6-20-14(11-15)7-10-29-20/h3-7,10-13H,8-9H2,2H3,(H,24,25). The number of nitrogens with zero attached hydrogens (tertiary/aromatic N) is 4. The SMILES string of the molecule is [C-]#[N+]c1ccc2nc(-c3cnc(-c4ccc5sccc5c4)[nH]3)n(CCOC)c2c1. The van der Waals surface area contributed by atoms with Gasteiger partial charge in [-0.3, -0.25) is 0 Å². The number of imidazole rings is 2. The van der Waals surface area contributed by atoms with Gasteiger partial charge in [0, 0.05) is 23.9 Å². The van der Waals surface area contributed by atoms with Crippen molar-refractivity contribution >= 4 is 38.1 Å². The van der Waals surface area contributed by atoms with Crippen LogP contribution in [-0.2, 0) is 11.3 Å². The second-order valence-electron chi connectivity index (χ2n) is 6.68. The third kappa shape index (κ3) is 3.09. The summed E-state index contributed by atoms with van der Waals surface area (Å²) in [5, 5.41) is 3.31. The number of rotatable bonds is 5. The van der Waals surface area contributed by atoms with Crippen LogP contribution in [0.15, 0.2) is 54.0 Å². The van der Waals surface area contributed by atoms with E-state index in [4.69, 9.17) is 16.3 Å². The van der Waals surface area contributed by atoms with Gasteiger partial charge < -0.3 is 14.3 Å². The van der Waals surface area contributed by atoms with Crippen LogP contribution in [0.5, 0.6) is 0 Å². The lowest BCUT2D eigenvalue weighted by Crippen LogP contribution is -2.06. The van der Waals surface area contributed by atoms with E-state index in [-0.39, 0.29) is 0 Å². The highest BCUT2D eigenvalue weighted by atomic mass is 32.1. The van der Waals surface area contributed by atoms with Crippen molar-refractivity contribution in [2.45, 2.75) is 6.54 Å². The van der Waals surface area contributed by atoms with Gasteiger partial charge in [0.05, 0.1) is 30.4 Å². The molecule has 0 aliphatic heterocycles. The summed E-state index contributed by atoms with van der Waals surface area (Å²) in [6, 6.07) is 14.0. The van der Waals surface area contributed by atoms with E-state index in [1.807, 2.05) is 18.3 Å². The third-order valence-corrected chi connectivity index (χ3v) is 5.82. The summed E-state index contributed by atoms with van der Waals surface area (Å²) in [6.45, 7) is 8.49. The Hall–Kier alpha value is -3.47. The first-order valence-corrected chi connectivity index (χ1v) is 10.0. The molecule has 7 heteroatoms. The summed E-state index contributed by atoms with van der Waals surface area (Å²) in [6.07, 6.45) is 1.81. The van der Waals surface area contributed by atoms with Crippen molar-refractivity contribution < 1.29 is 4.74 Å². The van der Waals surface area contributed by atoms with Gasteiger partial charge in [-0.25, -0.2) is 14.8 Å². The smallest absolute Gasteiger partial charge is 0.189 e. The second-order valence-corrected chi connectivity index (χ2v) is 7.63. The van der Waals surface area contributed by atoms with E-state index in [9.17, 15) is 0 Å². The molecule has 5 aromatic rings. The first kappa shape index (κ1) is 17.6. The minimum absolute atomic E-state index is 0.552. The molecule has 0 bridgehead atoms. The minimum atomic E-state index is 0.552. The molecular formula is C22H17N5OS. The largest absolute Gasteiger partial charge is 0.383 e. The molecule has 142 valence electrons. The molecule has 5 rings (SSSR count). The number of H-pyrrole nitrogens is 1. The van der Waals surface area contributed by atoms with Gasteiger partial charge in [0.15, 0.2) is 11.5 Å². The zero-order valence-electron chi connectivity index (χ0n) is 15.7. The number of fused-ring (bicyclic) bond motifs is 2. The highest BCUT2D eigenvalue weighted by Crippen LogP contribution is 2.30. The quantitative estimate of drug-likeness (QED) is 0.397. The van der Waals surface area contributed by atoms with E-state index in [1.54, 1.807) is 24.5 Å². The van der Waals surface area contributed by atoms with Gasteiger partial charge in [-0.1, -0.05) is 6.07 Å². The molecule has 0 unspecified atom stereocenters. The molecule has 0 saturated heterocycles. The zero-order chi connectivity index (χ0) is 19.8. The van der Waals surface area contributed by atoms with Crippen molar-refractivity contribution in [3.05, 3.63) is 65.5 Å². The van der Waals surface area contributed by atoms with E-state index in [0.29, 0.717) is 18.8 Å². The van der Waals surface area contributed by atoms with E-state index in [2.05, 4.69) is 49.0 Å². The Morgan fingerprint density at radius 3 is 3.00 bits per heavy atom. The number of nitrogens with one attached hydrogen (secondary N) is 1. The molecular weight excluding hydrogens is 382 g/mol. The van der Waals surface area contributed by atoms with Crippen molar-refractivity contribution in [2.24, 2.45) is 0 Å². The Balaban J connectivity index is 1.61. The summed E-state index contributed by atoms with van der Waals surface area (Å²) < 4.78 is 8.62. The minimum Gasteiger partial charge on any atom is -0.383 e. The number of methoxy groups -OCH3 is 1. The summed E-state index contributed by atoms with van der Waals surface area (Å²) in [4.78, 5) is 16.4. The Morgan fingerprint density at radius 2 is 2.14 bits per heavy atom. The van der Waals surface area contributed by atoms with Gasteiger partial charge in [-0.15, -0.1) is 11.3 Å². The van der Waals surface area contributed by atoms with E-state index in [1.165, 1.54) is 10.1 Å². The summed E-state index contributed by atoms with van der Waals surface area (Å²) in [7, 11) is 1.68. The molecule has 0 aliphatic carbocycles. The fourth-order valence-corrected chi connectivity index (χ4v) is 4.26. The molecule has 0 spiro atoms. The van der Waals surface area contributed by atoms with Gasteiger partial charge in [0.1, 0.15) is 11.5 Å². The maximum Gasteiger partial charge on any atom is 0.189 e. The van der Waals surface area contributed by atoms with Crippen molar-refractivity contribution in [2.75, 3.05) is 13.7 Å². The Kier molecular flexibility index (Phi) is 4.35. The van der Waals surface area contributed by atoms with Gasteiger partial charge in [-0.2, -0.15) is 0 Å². The molecule has 3 heterocycles. The average molecular weight is 399 g/mol. The zero-order valence-corrected chi connectivity index (χ0v) is 16.5. The monoisotopic (exact) mass is 399 g/mol. The maximum absolute atomic E-state index is 7.30. The molecule has 2 aromatic carbocycles. The van der Waals surface area contributed by atoms with Gasteiger partial charge in [-0.05, 0) is 47.2 Å². The molecule has 0 radical (unpaired) electrons. The second kappa shape index (κ2) is 7.17. The predicted octanol–water partition coefficient (Wildman–Crippen LogP) is 5.51. The molecule has 0 amide bonds. The van der Waals surface area contributed by atoms with Crippen LogP contribution in [0.2, 0.25) is 0 Å². The van der Waals surface area contributed by atoms with E-state index >= 15 is 0 Å². The topological polar surface area (TPSA) is 60.1 Å². The number of thiophene rings is 1. The van der Waals surface area contributed by atoms with Crippen molar-refractivity contribution in [1.82, 2.24) is 19.5 Å². The van der Waals surface area contributed by atoms with Crippen molar-refractivity contribution in [3.8, 4) is 22.9 Å². The lowest BCUT2D eigenvalue weighted by Gasteiger charge is -2.07. The lowest BCUT2D eigenvalue weighted by molar-refractivity contribution is 0.188.